The Bertz CT molecular complexity index is 616. The number of amides is 1. The Hall–Kier alpha value is -1.39. The van der Waals surface area contributed by atoms with Crippen LogP contribution in [0.25, 0.3) is 0 Å². The summed E-state index contributed by atoms with van der Waals surface area (Å²) in [6.07, 6.45) is 9.10. The van der Waals surface area contributed by atoms with E-state index >= 15 is 0 Å². The van der Waals surface area contributed by atoms with Crippen LogP contribution in [0.3, 0.4) is 0 Å². The van der Waals surface area contributed by atoms with Crippen LogP contribution >= 0.6 is 0 Å². The second kappa shape index (κ2) is 9.20. The first-order valence-corrected chi connectivity index (χ1v) is 11.1. The van der Waals surface area contributed by atoms with Crippen LogP contribution in [-0.4, -0.2) is 66.4 Å². The van der Waals surface area contributed by atoms with Gasteiger partial charge in [0, 0.05) is 19.6 Å². The van der Waals surface area contributed by atoms with E-state index in [0.717, 1.165) is 38.5 Å². The largest absolute Gasteiger partial charge is 0.337 e. The first kappa shape index (κ1) is 18.9. The summed E-state index contributed by atoms with van der Waals surface area (Å²) >= 11 is 0. The zero-order valence-electron chi connectivity index (χ0n) is 16.7. The highest BCUT2D eigenvalue weighted by atomic mass is 16.2. The zero-order valence-corrected chi connectivity index (χ0v) is 16.7. The van der Waals surface area contributed by atoms with Crippen molar-refractivity contribution < 1.29 is 4.79 Å². The van der Waals surface area contributed by atoms with Crippen molar-refractivity contribution in [3.63, 3.8) is 0 Å². The molecule has 0 unspecified atom stereocenters. The van der Waals surface area contributed by atoms with Crippen molar-refractivity contribution in [2.45, 2.75) is 51.5 Å². The van der Waals surface area contributed by atoms with Gasteiger partial charge in [0.1, 0.15) is 0 Å². The molecule has 1 amide bonds. The summed E-state index contributed by atoms with van der Waals surface area (Å²) in [5.41, 5.74) is 2.74. The van der Waals surface area contributed by atoms with Crippen LogP contribution in [-0.2, 0) is 17.8 Å². The van der Waals surface area contributed by atoms with Crippen molar-refractivity contribution in [3.05, 3.63) is 35.4 Å². The highest BCUT2D eigenvalue weighted by Gasteiger charge is 2.26. The van der Waals surface area contributed by atoms with Gasteiger partial charge in [-0.05, 0) is 75.3 Å². The summed E-state index contributed by atoms with van der Waals surface area (Å²) in [5, 5.41) is 0. The summed E-state index contributed by atoms with van der Waals surface area (Å²) in [4.78, 5) is 19.9. The molecule has 0 saturated carbocycles. The third-order valence-corrected chi connectivity index (χ3v) is 6.76. The van der Waals surface area contributed by atoms with E-state index in [4.69, 9.17) is 0 Å². The summed E-state index contributed by atoms with van der Waals surface area (Å²) in [5.74, 6) is 1.15. The van der Waals surface area contributed by atoms with Gasteiger partial charge in [0.2, 0.25) is 5.91 Å². The van der Waals surface area contributed by atoms with Crippen LogP contribution in [0.1, 0.15) is 49.7 Å². The van der Waals surface area contributed by atoms with E-state index in [0.29, 0.717) is 12.5 Å². The molecule has 0 aromatic heterocycles. The molecular weight excluding hydrogens is 334 g/mol. The molecule has 4 nitrogen and oxygen atoms in total. The van der Waals surface area contributed by atoms with E-state index < -0.39 is 0 Å². The normalized spacial score (nSPS) is 23.0. The first-order valence-electron chi connectivity index (χ1n) is 11.1. The molecule has 1 aromatic carbocycles. The molecule has 1 aromatic rings. The molecule has 0 atom stereocenters. The molecule has 3 aliphatic rings. The van der Waals surface area contributed by atoms with E-state index in [1.54, 1.807) is 0 Å². The number of fused-ring (bicyclic) bond motifs is 1. The Morgan fingerprint density at radius 3 is 2.30 bits per heavy atom. The highest BCUT2D eigenvalue weighted by molar-refractivity contribution is 5.78. The van der Waals surface area contributed by atoms with Crippen molar-refractivity contribution >= 4 is 5.91 Å². The highest BCUT2D eigenvalue weighted by Crippen LogP contribution is 2.22. The molecule has 148 valence electrons. The van der Waals surface area contributed by atoms with Crippen molar-refractivity contribution in [1.29, 1.82) is 0 Å². The second-order valence-corrected chi connectivity index (χ2v) is 8.77. The van der Waals surface area contributed by atoms with Crippen LogP contribution in [0.4, 0.5) is 0 Å². The van der Waals surface area contributed by atoms with Crippen LogP contribution < -0.4 is 0 Å². The number of nitrogens with zero attached hydrogens (tertiary/aromatic N) is 3. The Morgan fingerprint density at radius 2 is 1.56 bits per heavy atom. The molecule has 3 heterocycles. The van der Waals surface area contributed by atoms with Gasteiger partial charge in [-0.15, -0.1) is 0 Å². The van der Waals surface area contributed by atoms with Gasteiger partial charge in [-0.25, -0.2) is 0 Å². The molecule has 3 aliphatic heterocycles. The van der Waals surface area contributed by atoms with Crippen LogP contribution in [0.15, 0.2) is 24.3 Å². The predicted molar refractivity (Wildman–Crippen MR) is 110 cm³/mol. The maximum atomic E-state index is 12.8. The summed E-state index contributed by atoms with van der Waals surface area (Å²) in [6, 6.07) is 8.56. The van der Waals surface area contributed by atoms with Crippen LogP contribution in [0, 0.1) is 5.92 Å². The number of carbonyl (C=O) groups excluding carboxylic acids is 1. The maximum absolute atomic E-state index is 12.8. The van der Waals surface area contributed by atoms with Crippen LogP contribution in [0.2, 0.25) is 0 Å². The van der Waals surface area contributed by atoms with Crippen molar-refractivity contribution in [1.82, 2.24) is 14.7 Å². The van der Waals surface area contributed by atoms with Gasteiger partial charge in [0.25, 0.3) is 0 Å². The van der Waals surface area contributed by atoms with Gasteiger partial charge < -0.3 is 9.80 Å². The number of likely N-dealkylation sites (tertiary alicyclic amines) is 2. The predicted octanol–water partition coefficient (Wildman–Crippen LogP) is 3.16. The molecule has 4 heteroatoms. The molecule has 0 spiro atoms. The number of carbonyl (C=O) groups is 1. The monoisotopic (exact) mass is 369 g/mol. The minimum Gasteiger partial charge on any atom is -0.337 e. The van der Waals surface area contributed by atoms with E-state index in [2.05, 4.69) is 39.0 Å². The lowest BCUT2D eigenvalue weighted by molar-refractivity contribution is -0.133. The third kappa shape index (κ3) is 5.11. The average molecular weight is 370 g/mol. The van der Waals surface area contributed by atoms with Crippen molar-refractivity contribution in [3.8, 4) is 0 Å². The smallest absolute Gasteiger partial charge is 0.237 e. The number of rotatable bonds is 4. The fraction of sp³-hybridized carbons (Fsp3) is 0.696. The number of piperidine rings is 1. The summed E-state index contributed by atoms with van der Waals surface area (Å²) in [7, 11) is 0. The lowest BCUT2D eigenvalue weighted by Crippen LogP contribution is -2.46. The molecular formula is C23H35N3O. The van der Waals surface area contributed by atoms with Gasteiger partial charge in [-0.1, -0.05) is 37.1 Å². The molecule has 2 fully saturated rings. The molecule has 2 saturated heterocycles. The Kier molecular flexibility index (Phi) is 6.46. The molecule has 0 aliphatic carbocycles. The lowest BCUT2D eigenvalue weighted by Gasteiger charge is -2.36. The second-order valence-electron chi connectivity index (χ2n) is 8.77. The van der Waals surface area contributed by atoms with Gasteiger partial charge in [-0.2, -0.15) is 0 Å². The first-order chi connectivity index (χ1) is 13.3. The van der Waals surface area contributed by atoms with Gasteiger partial charge in [0.15, 0.2) is 0 Å². The number of hydrogen-bond acceptors (Lipinski definition) is 3. The molecule has 0 bridgehead atoms. The van der Waals surface area contributed by atoms with E-state index in [9.17, 15) is 4.79 Å². The number of benzene rings is 1. The molecule has 0 radical (unpaired) electrons. The summed E-state index contributed by atoms with van der Waals surface area (Å²) < 4.78 is 0. The van der Waals surface area contributed by atoms with Crippen LogP contribution in [0.5, 0.6) is 0 Å². The maximum Gasteiger partial charge on any atom is 0.237 e. The minimum atomic E-state index is 0.315. The van der Waals surface area contributed by atoms with Gasteiger partial charge in [0.05, 0.1) is 6.54 Å². The molecule has 0 N–H and O–H groups in total. The Balaban J connectivity index is 1.20. The van der Waals surface area contributed by atoms with Gasteiger partial charge >= 0.3 is 0 Å². The lowest BCUT2D eigenvalue weighted by atomic mass is 9.96. The fourth-order valence-electron chi connectivity index (χ4n) is 5.01. The minimum absolute atomic E-state index is 0.315. The van der Waals surface area contributed by atoms with E-state index in [1.165, 1.54) is 69.3 Å². The molecule has 4 rings (SSSR count). The Morgan fingerprint density at radius 1 is 0.852 bits per heavy atom. The Labute approximate surface area is 164 Å². The quantitative estimate of drug-likeness (QED) is 0.816. The molecule has 27 heavy (non-hydrogen) atoms. The SMILES string of the molecule is O=C(CN1CCC(CN2CCCCCC2)CC1)N1CCc2ccccc2C1. The third-order valence-electron chi connectivity index (χ3n) is 6.76. The van der Waals surface area contributed by atoms with Crippen molar-refractivity contribution in [2.75, 3.05) is 45.8 Å². The number of hydrogen-bond donors (Lipinski definition) is 0. The average Bonchev–Trinajstić information content (AvgIpc) is 2.98. The zero-order chi connectivity index (χ0) is 18.5. The topological polar surface area (TPSA) is 26.8 Å². The van der Waals surface area contributed by atoms with Crippen molar-refractivity contribution in [2.24, 2.45) is 5.92 Å². The van der Waals surface area contributed by atoms with E-state index in [1.807, 2.05) is 0 Å². The van der Waals surface area contributed by atoms with E-state index in [-0.39, 0.29) is 0 Å². The fourth-order valence-corrected chi connectivity index (χ4v) is 5.01. The summed E-state index contributed by atoms with van der Waals surface area (Å²) in [6.45, 7) is 8.35. The van der Waals surface area contributed by atoms with Gasteiger partial charge in [-0.3, -0.25) is 9.69 Å². The standard InChI is InChI=1S/C23H35N3O/c27-23(26-16-11-21-7-3-4-8-22(21)18-26)19-25-14-9-20(10-15-25)17-24-12-5-1-2-6-13-24/h3-4,7-8,20H,1-2,5-6,9-19H2.